The maximum atomic E-state index is 12.1. The Hall–Kier alpha value is -3.53. The Morgan fingerprint density at radius 1 is 1.21 bits per heavy atom. The smallest absolute Gasteiger partial charge is 0.339 e. The third-order valence-electron chi connectivity index (χ3n) is 3.65. The molecule has 3 aromatic rings. The van der Waals surface area contributed by atoms with Gasteiger partial charge in [-0.1, -0.05) is 30.0 Å². The fourth-order valence-corrected chi connectivity index (χ4v) is 3.24. The Morgan fingerprint density at radius 2 is 1.96 bits per heavy atom. The first-order valence-electron chi connectivity index (χ1n) is 8.09. The van der Waals surface area contributed by atoms with E-state index in [9.17, 15) is 19.8 Å². The topological polar surface area (TPSA) is 140 Å². The number of carboxylic acid groups (broad SMARTS) is 1. The number of nitrogens with zero attached hydrogens (tertiary/aromatic N) is 2. The van der Waals surface area contributed by atoms with E-state index in [2.05, 4.69) is 10.6 Å². The van der Waals surface area contributed by atoms with Gasteiger partial charge in [-0.15, -0.1) is 0 Å². The molecule has 0 aliphatic rings. The molecule has 0 atom stereocenters. The lowest BCUT2D eigenvalue weighted by atomic mass is 10.2. The Kier molecular flexibility index (Phi) is 5.80. The lowest BCUT2D eigenvalue weighted by molar-refractivity contribution is -0.705. The van der Waals surface area contributed by atoms with Gasteiger partial charge in [-0.2, -0.15) is 0 Å². The fourth-order valence-electron chi connectivity index (χ4n) is 2.34. The number of benzene rings is 2. The molecule has 1 amide bonds. The molecule has 2 aromatic carbocycles. The number of carbonyl (C=O) groups is 2. The molecule has 3 N–H and O–H groups in total. The minimum atomic E-state index is -1.30. The van der Waals surface area contributed by atoms with Gasteiger partial charge in [0.15, 0.2) is 5.95 Å². The van der Waals surface area contributed by atoms with Crippen molar-refractivity contribution in [2.75, 3.05) is 11.1 Å². The zero-order valence-electron chi connectivity index (χ0n) is 14.4. The second-order valence-electron chi connectivity index (χ2n) is 5.60. The number of nitrogens with one attached hydrogen (secondary N) is 1. The van der Waals surface area contributed by atoms with Crippen molar-refractivity contribution in [1.82, 2.24) is 5.27 Å². The second kappa shape index (κ2) is 8.44. The van der Waals surface area contributed by atoms with E-state index in [1.54, 1.807) is 24.3 Å². The van der Waals surface area contributed by atoms with Gasteiger partial charge in [0.05, 0.1) is 5.27 Å². The molecule has 0 spiro atoms. The van der Waals surface area contributed by atoms with Crippen LogP contribution in [0.2, 0.25) is 0 Å². The molecule has 1 heterocycles. The number of rotatable bonds is 7. The van der Waals surface area contributed by atoms with Crippen LogP contribution in [-0.4, -0.2) is 33.1 Å². The van der Waals surface area contributed by atoms with E-state index >= 15 is 0 Å². The highest BCUT2D eigenvalue weighted by atomic mass is 32.2. The summed E-state index contributed by atoms with van der Waals surface area (Å²) in [6, 6.07) is 12.7. The van der Waals surface area contributed by atoms with Crippen LogP contribution in [0, 0.1) is 0 Å². The Labute approximate surface area is 163 Å². The molecular formula is C18H15N3O6S. The Bertz CT molecular complexity index is 1010. The minimum Gasteiger partial charge on any atom is -0.538 e. The standard InChI is InChI=1S/C18H14N3O6S/c22-14-7-6-11(10-13(14)17(24)25)19-15(23)8-9-28-16-18(26)27-20-21(16)12-4-2-1-3-5-12/h1-7,10H,8-9H2,(H2,24,25,26)/q-1/p+1. The van der Waals surface area contributed by atoms with Gasteiger partial charge >= 0.3 is 5.97 Å². The van der Waals surface area contributed by atoms with Crippen LogP contribution in [0.1, 0.15) is 16.8 Å². The highest BCUT2D eigenvalue weighted by Crippen LogP contribution is 2.25. The van der Waals surface area contributed by atoms with Crippen molar-refractivity contribution >= 4 is 29.3 Å². The van der Waals surface area contributed by atoms with Gasteiger partial charge in [0.2, 0.25) is 11.6 Å². The van der Waals surface area contributed by atoms with E-state index in [-0.39, 0.29) is 40.1 Å². The van der Waals surface area contributed by atoms with Crippen LogP contribution in [0.3, 0.4) is 0 Å². The molecule has 0 fully saturated rings. The SMILES string of the molecule is O=C(CCSc1c([O-])on[n+]1-c1ccccc1)Nc1ccc(O)c(C(=O)O)c1. The molecule has 0 aliphatic carbocycles. The Balaban J connectivity index is 1.60. The zero-order valence-corrected chi connectivity index (χ0v) is 15.2. The molecule has 0 bridgehead atoms. The minimum absolute atomic E-state index is 0.0629. The normalized spacial score (nSPS) is 10.6. The third-order valence-corrected chi connectivity index (χ3v) is 4.67. The number of anilines is 1. The summed E-state index contributed by atoms with van der Waals surface area (Å²) in [6.45, 7) is 0. The van der Waals surface area contributed by atoms with Crippen molar-refractivity contribution in [2.24, 2.45) is 0 Å². The van der Waals surface area contributed by atoms with E-state index in [4.69, 9.17) is 9.63 Å². The van der Waals surface area contributed by atoms with Crippen molar-refractivity contribution in [3.63, 3.8) is 0 Å². The summed E-state index contributed by atoms with van der Waals surface area (Å²) in [4.78, 5) is 23.1. The summed E-state index contributed by atoms with van der Waals surface area (Å²) >= 11 is 1.12. The maximum Gasteiger partial charge on any atom is 0.339 e. The number of aromatic hydroxyl groups is 1. The lowest BCUT2D eigenvalue weighted by Crippen LogP contribution is -2.34. The van der Waals surface area contributed by atoms with E-state index < -0.39 is 11.9 Å². The molecule has 0 saturated heterocycles. The van der Waals surface area contributed by atoms with Crippen LogP contribution in [0.4, 0.5) is 5.69 Å². The van der Waals surface area contributed by atoms with E-state index in [1.165, 1.54) is 22.9 Å². The van der Waals surface area contributed by atoms with E-state index in [0.717, 1.165) is 11.8 Å². The van der Waals surface area contributed by atoms with Crippen LogP contribution in [0.25, 0.3) is 5.69 Å². The number of hydrogen-bond donors (Lipinski definition) is 3. The van der Waals surface area contributed by atoms with Gasteiger partial charge in [-0.05, 0) is 22.9 Å². The quantitative estimate of drug-likeness (QED) is 0.308. The highest BCUT2D eigenvalue weighted by molar-refractivity contribution is 7.99. The zero-order chi connectivity index (χ0) is 20.1. The van der Waals surface area contributed by atoms with E-state index in [0.29, 0.717) is 5.69 Å². The van der Waals surface area contributed by atoms with Gasteiger partial charge < -0.3 is 25.2 Å². The van der Waals surface area contributed by atoms with Crippen molar-refractivity contribution in [1.29, 1.82) is 0 Å². The summed E-state index contributed by atoms with van der Waals surface area (Å²) in [5, 5.41) is 36.9. The number of aromatic carboxylic acids is 1. The van der Waals surface area contributed by atoms with Crippen LogP contribution in [-0.2, 0) is 4.79 Å². The predicted octanol–water partition coefficient (Wildman–Crippen LogP) is 1.55. The monoisotopic (exact) mass is 401 g/mol. The van der Waals surface area contributed by atoms with Crippen molar-refractivity contribution < 1.29 is 34.1 Å². The summed E-state index contributed by atoms with van der Waals surface area (Å²) in [5.74, 6) is -2.38. The average molecular weight is 401 g/mol. The molecule has 10 heteroatoms. The number of phenols is 1. The first-order valence-corrected chi connectivity index (χ1v) is 9.07. The van der Waals surface area contributed by atoms with Crippen molar-refractivity contribution in [3.05, 3.63) is 54.1 Å². The molecular weight excluding hydrogens is 386 g/mol. The van der Waals surface area contributed by atoms with Crippen molar-refractivity contribution in [2.45, 2.75) is 11.4 Å². The predicted molar refractivity (Wildman–Crippen MR) is 96.5 cm³/mol. The number of para-hydroxylation sites is 1. The van der Waals surface area contributed by atoms with Gasteiger partial charge in [0.25, 0.3) is 5.03 Å². The fraction of sp³-hybridized carbons (Fsp3) is 0.111. The summed E-state index contributed by atoms with van der Waals surface area (Å²) < 4.78 is 6.07. The molecule has 144 valence electrons. The number of hydrogen-bond acceptors (Lipinski definition) is 7. The third kappa shape index (κ3) is 4.41. The van der Waals surface area contributed by atoms with E-state index in [1.807, 2.05) is 6.07 Å². The molecule has 1 aromatic heterocycles. The first kappa shape index (κ1) is 19.2. The van der Waals surface area contributed by atoms with Gasteiger partial charge in [0, 0.05) is 30.0 Å². The van der Waals surface area contributed by atoms with Crippen LogP contribution in [0.5, 0.6) is 11.7 Å². The molecule has 9 nitrogen and oxygen atoms in total. The van der Waals surface area contributed by atoms with Crippen LogP contribution < -0.4 is 15.1 Å². The molecule has 28 heavy (non-hydrogen) atoms. The highest BCUT2D eigenvalue weighted by Gasteiger charge is 2.21. The average Bonchev–Trinajstić information content (AvgIpc) is 3.04. The van der Waals surface area contributed by atoms with Crippen LogP contribution in [0.15, 0.2) is 58.1 Å². The molecule has 3 rings (SSSR count). The summed E-state index contributed by atoms with van der Waals surface area (Å²) in [5.41, 5.74) is 0.598. The first-order chi connectivity index (χ1) is 13.5. The van der Waals surface area contributed by atoms with Crippen LogP contribution >= 0.6 is 11.8 Å². The Morgan fingerprint density at radius 3 is 2.68 bits per heavy atom. The second-order valence-corrected chi connectivity index (χ2v) is 6.68. The maximum absolute atomic E-state index is 12.1. The number of carbonyl (C=O) groups excluding carboxylic acids is 1. The summed E-state index contributed by atoms with van der Waals surface area (Å²) in [6.07, 6.45) is 0.0629. The lowest BCUT2D eigenvalue weighted by Gasteiger charge is -2.07. The molecule has 0 radical (unpaired) electrons. The largest absolute Gasteiger partial charge is 0.538 e. The van der Waals surface area contributed by atoms with Gasteiger partial charge in [-0.3, -0.25) is 4.79 Å². The number of thioether (sulfide) groups is 1. The molecule has 0 aliphatic heterocycles. The number of aromatic nitrogens is 2. The molecule has 0 saturated carbocycles. The summed E-state index contributed by atoms with van der Waals surface area (Å²) in [7, 11) is 0. The van der Waals surface area contributed by atoms with Gasteiger partial charge in [0.1, 0.15) is 11.3 Å². The van der Waals surface area contributed by atoms with Gasteiger partial charge in [-0.25, -0.2) is 4.79 Å². The number of amides is 1. The van der Waals surface area contributed by atoms with Crippen molar-refractivity contribution in [3.8, 4) is 17.4 Å². The number of carboxylic acids is 1. The molecule has 0 unspecified atom stereocenters.